The van der Waals surface area contributed by atoms with E-state index in [0.29, 0.717) is 10.7 Å². The van der Waals surface area contributed by atoms with Crippen molar-refractivity contribution < 1.29 is 18.7 Å². The van der Waals surface area contributed by atoms with Crippen LogP contribution < -0.4 is 10.2 Å². The summed E-state index contributed by atoms with van der Waals surface area (Å²) in [6.07, 6.45) is 1.42. The highest BCUT2D eigenvalue weighted by molar-refractivity contribution is 7.99. The summed E-state index contributed by atoms with van der Waals surface area (Å²) in [6.45, 7) is 0. The average Bonchev–Trinajstić information content (AvgIpc) is 3.21. The normalized spacial score (nSPS) is 11.0. The smallest absolute Gasteiger partial charge is 0.346 e. The van der Waals surface area contributed by atoms with Crippen LogP contribution in [0.4, 0.5) is 4.39 Å². The van der Waals surface area contributed by atoms with Gasteiger partial charge in [-0.1, -0.05) is 48.2 Å². The molecule has 0 radical (unpaired) electrons. The maximum Gasteiger partial charge on any atom is 0.346 e. The fourth-order valence-electron chi connectivity index (χ4n) is 2.79. The Balaban J connectivity index is 1.30. The van der Waals surface area contributed by atoms with Crippen molar-refractivity contribution in [3.05, 3.63) is 89.7 Å². The molecular weight excluding hydrogens is 431 g/mol. The molecule has 0 spiro atoms. The molecule has 0 aliphatic rings. The fraction of sp³-hybridized carbons (Fsp3) is 0.0435. The number of thioether (sulfide) groups is 1. The van der Waals surface area contributed by atoms with Crippen molar-refractivity contribution in [1.29, 1.82) is 0 Å². The number of carbonyl (C=O) groups excluding carboxylic acids is 2. The monoisotopic (exact) mass is 448 g/mol. The predicted molar refractivity (Wildman–Crippen MR) is 120 cm³/mol. The van der Waals surface area contributed by atoms with E-state index in [1.54, 1.807) is 30.3 Å². The lowest BCUT2D eigenvalue weighted by atomic mass is 10.2. The number of hydrogen-bond donors (Lipinski definition) is 2. The standard InChI is InChI=1S/C23H17FN4O3S/c24-18-9-2-1-8-17(18)22(30)31-16-7-5-6-15(12-16)13-25-28-21(29)14-32-23-26-19-10-3-4-11-20(19)27-23/h1-13H,14H2,(H,26,27)(H,28,29)/b25-13-. The van der Waals surface area contributed by atoms with Crippen molar-refractivity contribution in [3.63, 3.8) is 0 Å². The Hall–Kier alpha value is -3.98. The van der Waals surface area contributed by atoms with Crippen LogP contribution in [0.2, 0.25) is 0 Å². The van der Waals surface area contributed by atoms with Gasteiger partial charge in [-0.3, -0.25) is 4.79 Å². The number of halogens is 1. The summed E-state index contributed by atoms with van der Waals surface area (Å²) in [7, 11) is 0. The summed E-state index contributed by atoms with van der Waals surface area (Å²) < 4.78 is 18.9. The lowest BCUT2D eigenvalue weighted by Gasteiger charge is -2.05. The van der Waals surface area contributed by atoms with E-state index in [-0.39, 0.29) is 23.0 Å². The van der Waals surface area contributed by atoms with E-state index in [9.17, 15) is 14.0 Å². The molecule has 7 nitrogen and oxygen atoms in total. The second-order valence-corrected chi connectivity index (χ2v) is 7.55. The summed E-state index contributed by atoms with van der Waals surface area (Å²) in [6, 6.07) is 19.7. The number of aromatic nitrogens is 2. The van der Waals surface area contributed by atoms with E-state index in [1.165, 1.54) is 36.2 Å². The first-order chi connectivity index (χ1) is 15.6. The highest BCUT2D eigenvalue weighted by atomic mass is 32.2. The first kappa shape index (κ1) is 21.3. The Morgan fingerprint density at radius 1 is 1.09 bits per heavy atom. The second-order valence-electron chi connectivity index (χ2n) is 6.58. The number of carbonyl (C=O) groups is 2. The van der Waals surface area contributed by atoms with Gasteiger partial charge >= 0.3 is 5.97 Å². The number of esters is 1. The zero-order chi connectivity index (χ0) is 22.3. The maximum absolute atomic E-state index is 13.7. The van der Waals surface area contributed by atoms with Gasteiger partial charge in [-0.25, -0.2) is 19.6 Å². The number of amides is 1. The number of hydrazone groups is 1. The molecule has 0 saturated carbocycles. The number of H-pyrrole nitrogens is 1. The van der Waals surface area contributed by atoms with Gasteiger partial charge in [0.1, 0.15) is 11.6 Å². The van der Waals surface area contributed by atoms with E-state index < -0.39 is 11.8 Å². The van der Waals surface area contributed by atoms with Gasteiger partial charge in [0.25, 0.3) is 5.91 Å². The number of ether oxygens (including phenoxy) is 1. The Morgan fingerprint density at radius 3 is 2.75 bits per heavy atom. The van der Waals surface area contributed by atoms with Gasteiger partial charge in [-0.05, 0) is 42.0 Å². The molecule has 1 heterocycles. The van der Waals surface area contributed by atoms with Crippen LogP contribution in [0.25, 0.3) is 11.0 Å². The van der Waals surface area contributed by atoms with Crippen LogP contribution in [0.5, 0.6) is 5.75 Å². The van der Waals surface area contributed by atoms with Gasteiger partial charge in [0.15, 0.2) is 5.16 Å². The fourth-order valence-corrected chi connectivity index (χ4v) is 3.47. The number of rotatable bonds is 7. The molecule has 1 aromatic heterocycles. The predicted octanol–water partition coefficient (Wildman–Crippen LogP) is 4.16. The Kier molecular flexibility index (Phi) is 6.57. The lowest BCUT2D eigenvalue weighted by molar-refractivity contribution is -0.118. The summed E-state index contributed by atoms with van der Waals surface area (Å²) in [5.74, 6) is -1.38. The Labute approximate surface area is 186 Å². The van der Waals surface area contributed by atoms with E-state index in [2.05, 4.69) is 20.5 Å². The maximum atomic E-state index is 13.7. The SMILES string of the molecule is O=C(CSc1nc2ccccc2[nH]1)N/N=C\c1cccc(OC(=O)c2ccccc2F)c1. The van der Waals surface area contributed by atoms with E-state index in [4.69, 9.17) is 4.74 Å². The first-order valence-corrected chi connectivity index (χ1v) is 10.5. The number of nitrogens with zero attached hydrogens (tertiary/aromatic N) is 2. The van der Waals surface area contributed by atoms with Crippen molar-refractivity contribution in [2.24, 2.45) is 5.10 Å². The minimum atomic E-state index is -0.798. The quantitative estimate of drug-likeness (QED) is 0.145. The lowest BCUT2D eigenvalue weighted by Crippen LogP contribution is -2.19. The van der Waals surface area contributed by atoms with Crippen LogP contribution in [0.15, 0.2) is 83.1 Å². The zero-order valence-electron chi connectivity index (χ0n) is 16.6. The third kappa shape index (κ3) is 5.38. The first-order valence-electron chi connectivity index (χ1n) is 9.55. The highest BCUT2D eigenvalue weighted by Crippen LogP contribution is 2.19. The van der Waals surface area contributed by atoms with Crippen LogP contribution in [-0.4, -0.2) is 33.8 Å². The van der Waals surface area contributed by atoms with E-state index >= 15 is 0 Å². The molecule has 1 amide bonds. The number of benzene rings is 3. The minimum Gasteiger partial charge on any atom is -0.423 e. The van der Waals surface area contributed by atoms with Crippen LogP contribution in [0.1, 0.15) is 15.9 Å². The molecule has 160 valence electrons. The number of fused-ring (bicyclic) bond motifs is 1. The molecule has 0 aliphatic heterocycles. The molecule has 0 fully saturated rings. The van der Waals surface area contributed by atoms with Crippen molar-refractivity contribution >= 4 is 40.9 Å². The summed E-state index contributed by atoms with van der Waals surface area (Å²) in [4.78, 5) is 31.7. The van der Waals surface area contributed by atoms with Crippen LogP contribution in [0, 0.1) is 5.82 Å². The molecule has 0 unspecified atom stereocenters. The molecule has 2 N–H and O–H groups in total. The van der Waals surface area contributed by atoms with E-state index in [1.807, 2.05) is 24.3 Å². The molecule has 0 aliphatic carbocycles. The third-order valence-electron chi connectivity index (χ3n) is 4.27. The molecule has 4 rings (SSSR count). The van der Waals surface area contributed by atoms with Gasteiger partial charge in [0.2, 0.25) is 0 Å². The summed E-state index contributed by atoms with van der Waals surface area (Å²) >= 11 is 1.27. The number of para-hydroxylation sites is 2. The molecule has 3 aromatic carbocycles. The molecular formula is C23H17FN4O3S. The highest BCUT2D eigenvalue weighted by Gasteiger charge is 2.13. The van der Waals surface area contributed by atoms with E-state index in [0.717, 1.165) is 11.0 Å². The summed E-state index contributed by atoms with van der Waals surface area (Å²) in [5, 5.41) is 4.57. The molecule has 32 heavy (non-hydrogen) atoms. The van der Waals surface area contributed by atoms with Crippen molar-refractivity contribution in [3.8, 4) is 5.75 Å². The summed E-state index contributed by atoms with van der Waals surface area (Å²) in [5.41, 5.74) is 4.62. The molecule has 0 saturated heterocycles. The van der Waals surface area contributed by atoms with Crippen molar-refractivity contribution in [1.82, 2.24) is 15.4 Å². The molecule has 0 bridgehead atoms. The molecule has 9 heteroatoms. The largest absolute Gasteiger partial charge is 0.423 e. The van der Waals surface area contributed by atoms with Crippen LogP contribution in [0.3, 0.4) is 0 Å². The van der Waals surface area contributed by atoms with Gasteiger partial charge < -0.3 is 9.72 Å². The number of imidazole rings is 1. The van der Waals surface area contributed by atoms with Crippen molar-refractivity contribution in [2.75, 3.05) is 5.75 Å². The Morgan fingerprint density at radius 2 is 1.91 bits per heavy atom. The van der Waals surface area contributed by atoms with Gasteiger partial charge in [-0.15, -0.1) is 0 Å². The topological polar surface area (TPSA) is 96.4 Å². The Bertz CT molecular complexity index is 1270. The van der Waals surface area contributed by atoms with Gasteiger partial charge in [-0.2, -0.15) is 5.10 Å². The molecule has 4 aromatic rings. The zero-order valence-corrected chi connectivity index (χ0v) is 17.4. The average molecular weight is 448 g/mol. The number of aromatic amines is 1. The number of nitrogens with one attached hydrogen (secondary N) is 2. The third-order valence-corrected chi connectivity index (χ3v) is 5.15. The number of hydrogen-bond acceptors (Lipinski definition) is 6. The molecule has 0 atom stereocenters. The van der Waals surface area contributed by atoms with Gasteiger partial charge in [0.05, 0.1) is 28.6 Å². The minimum absolute atomic E-state index is 0.136. The van der Waals surface area contributed by atoms with Crippen LogP contribution in [-0.2, 0) is 4.79 Å². The van der Waals surface area contributed by atoms with Gasteiger partial charge in [0, 0.05) is 0 Å². The van der Waals surface area contributed by atoms with Crippen LogP contribution >= 0.6 is 11.8 Å². The van der Waals surface area contributed by atoms with Crippen molar-refractivity contribution in [2.45, 2.75) is 5.16 Å². The second kappa shape index (κ2) is 9.88.